The van der Waals surface area contributed by atoms with Crippen LogP contribution in [0.1, 0.15) is 17.5 Å². The molecule has 1 aromatic carbocycles. The lowest BCUT2D eigenvalue weighted by Gasteiger charge is -2.33. The van der Waals surface area contributed by atoms with Crippen LogP contribution in [0.2, 0.25) is 0 Å². The minimum atomic E-state index is -3.46. The SMILES string of the molecule is N#Cc1ccsc1NC(=O)CCN1CCN(S(=O)(=O)/C=C/c2ccccc2)CC1. The summed E-state index contributed by atoms with van der Waals surface area (Å²) in [6.07, 6.45) is 1.90. The van der Waals surface area contributed by atoms with Gasteiger partial charge in [0.05, 0.1) is 5.56 Å². The fourth-order valence-corrected chi connectivity index (χ4v) is 4.89. The molecular weight excluding hydrogens is 408 g/mol. The Morgan fingerprint density at radius 1 is 1.17 bits per heavy atom. The molecule has 0 atom stereocenters. The monoisotopic (exact) mass is 430 g/mol. The van der Waals surface area contributed by atoms with E-state index in [1.54, 1.807) is 17.5 Å². The number of nitriles is 1. The molecule has 0 spiro atoms. The molecule has 2 heterocycles. The van der Waals surface area contributed by atoms with Gasteiger partial charge in [-0.3, -0.25) is 4.79 Å². The highest BCUT2D eigenvalue weighted by atomic mass is 32.2. The Bertz CT molecular complexity index is 1000. The van der Waals surface area contributed by atoms with Gasteiger partial charge < -0.3 is 10.2 Å². The van der Waals surface area contributed by atoms with Crippen LogP contribution in [0.4, 0.5) is 5.00 Å². The summed E-state index contributed by atoms with van der Waals surface area (Å²) in [7, 11) is -3.46. The molecule has 0 saturated carbocycles. The molecule has 152 valence electrons. The van der Waals surface area contributed by atoms with Gasteiger partial charge in [0.25, 0.3) is 0 Å². The van der Waals surface area contributed by atoms with Crippen LogP contribution in [0.3, 0.4) is 0 Å². The summed E-state index contributed by atoms with van der Waals surface area (Å²) in [6, 6.07) is 13.0. The van der Waals surface area contributed by atoms with Crippen LogP contribution in [0.15, 0.2) is 47.2 Å². The Morgan fingerprint density at radius 3 is 2.59 bits per heavy atom. The van der Waals surface area contributed by atoms with Crippen molar-refractivity contribution < 1.29 is 13.2 Å². The van der Waals surface area contributed by atoms with E-state index < -0.39 is 10.0 Å². The summed E-state index contributed by atoms with van der Waals surface area (Å²) in [4.78, 5) is 14.2. The molecule has 7 nitrogen and oxygen atoms in total. The smallest absolute Gasteiger partial charge is 0.236 e. The maximum absolute atomic E-state index is 12.5. The van der Waals surface area contributed by atoms with E-state index >= 15 is 0 Å². The first-order valence-corrected chi connectivity index (χ1v) is 11.6. The maximum atomic E-state index is 12.5. The van der Waals surface area contributed by atoms with Crippen molar-refractivity contribution >= 4 is 38.3 Å². The molecule has 29 heavy (non-hydrogen) atoms. The average Bonchev–Trinajstić information content (AvgIpc) is 3.19. The normalized spacial score (nSPS) is 16.0. The highest BCUT2D eigenvalue weighted by Gasteiger charge is 2.25. The molecule has 1 aliphatic rings. The van der Waals surface area contributed by atoms with Gasteiger partial charge in [0.1, 0.15) is 11.1 Å². The number of sulfonamides is 1. The zero-order chi connectivity index (χ0) is 20.7. The van der Waals surface area contributed by atoms with Gasteiger partial charge in [0.15, 0.2) is 0 Å². The van der Waals surface area contributed by atoms with Crippen molar-refractivity contribution in [2.75, 3.05) is 38.0 Å². The van der Waals surface area contributed by atoms with Crippen LogP contribution in [0.5, 0.6) is 0 Å². The van der Waals surface area contributed by atoms with E-state index in [2.05, 4.69) is 10.2 Å². The number of carbonyl (C=O) groups is 1. The lowest BCUT2D eigenvalue weighted by atomic mass is 10.2. The van der Waals surface area contributed by atoms with Crippen LogP contribution in [-0.4, -0.2) is 56.3 Å². The second-order valence-electron chi connectivity index (χ2n) is 6.57. The van der Waals surface area contributed by atoms with E-state index in [-0.39, 0.29) is 5.91 Å². The predicted octanol–water partition coefficient (Wildman–Crippen LogP) is 2.57. The van der Waals surface area contributed by atoms with Crippen LogP contribution in [0, 0.1) is 11.3 Å². The zero-order valence-corrected chi connectivity index (χ0v) is 17.5. The van der Waals surface area contributed by atoms with E-state index in [9.17, 15) is 13.2 Å². The van der Waals surface area contributed by atoms with Crippen molar-refractivity contribution in [1.29, 1.82) is 5.26 Å². The van der Waals surface area contributed by atoms with Crippen molar-refractivity contribution in [1.82, 2.24) is 9.21 Å². The number of carbonyl (C=O) groups excluding carboxylic acids is 1. The third-order valence-electron chi connectivity index (χ3n) is 4.62. The Kier molecular flexibility index (Phi) is 7.17. The summed E-state index contributed by atoms with van der Waals surface area (Å²) in [5, 5.41) is 15.3. The number of amides is 1. The molecule has 0 aliphatic carbocycles. The van der Waals surface area contributed by atoms with Gasteiger partial charge >= 0.3 is 0 Å². The standard InChI is InChI=1S/C20H22N4O3S2/c21-16-18-7-14-28-20(18)22-19(25)6-9-23-10-12-24(13-11-23)29(26,27)15-8-17-4-2-1-3-5-17/h1-5,7-8,14-15H,6,9-13H2,(H,22,25)/b15-8+. The molecule has 1 N–H and O–H groups in total. The molecule has 2 aromatic rings. The molecule has 0 unspecified atom stereocenters. The third kappa shape index (κ3) is 5.98. The molecule has 3 rings (SSSR count). The lowest BCUT2D eigenvalue weighted by Crippen LogP contribution is -2.48. The van der Waals surface area contributed by atoms with Gasteiger partial charge in [-0.15, -0.1) is 11.3 Å². The Morgan fingerprint density at radius 2 is 1.90 bits per heavy atom. The summed E-state index contributed by atoms with van der Waals surface area (Å²) in [5.41, 5.74) is 1.30. The predicted molar refractivity (Wildman–Crippen MR) is 115 cm³/mol. The summed E-state index contributed by atoms with van der Waals surface area (Å²) in [5.74, 6) is -0.148. The van der Waals surface area contributed by atoms with Crippen LogP contribution >= 0.6 is 11.3 Å². The first-order chi connectivity index (χ1) is 14.0. The second-order valence-corrected chi connectivity index (χ2v) is 9.31. The molecule has 1 amide bonds. The van der Waals surface area contributed by atoms with Crippen LogP contribution < -0.4 is 5.32 Å². The molecule has 1 fully saturated rings. The molecule has 1 aromatic heterocycles. The van der Waals surface area contributed by atoms with Crippen LogP contribution in [-0.2, 0) is 14.8 Å². The maximum Gasteiger partial charge on any atom is 0.236 e. The van der Waals surface area contributed by atoms with Crippen molar-refractivity contribution in [3.05, 3.63) is 58.3 Å². The van der Waals surface area contributed by atoms with Crippen molar-refractivity contribution in [3.63, 3.8) is 0 Å². The zero-order valence-electron chi connectivity index (χ0n) is 15.8. The van der Waals surface area contributed by atoms with Crippen LogP contribution in [0.25, 0.3) is 6.08 Å². The Hall–Kier alpha value is -2.51. The topological polar surface area (TPSA) is 93.5 Å². The van der Waals surface area contributed by atoms with Gasteiger partial charge in [-0.2, -0.15) is 9.57 Å². The number of benzene rings is 1. The molecule has 9 heteroatoms. The average molecular weight is 431 g/mol. The minimum absolute atomic E-state index is 0.148. The van der Waals surface area contributed by atoms with E-state index in [0.717, 1.165) is 5.56 Å². The van der Waals surface area contributed by atoms with E-state index in [1.165, 1.54) is 21.1 Å². The number of piperazine rings is 1. The fraction of sp³-hybridized carbons (Fsp3) is 0.300. The van der Waals surface area contributed by atoms with Crippen molar-refractivity contribution in [2.24, 2.45) is 0 Å². The van der Waals surface area contributed by atoms with E-state index in [1.807, 2.05) is 36.4 Å². The largest absolute Gasteiger partial charge is 0.317 e. The highest BCUT2D eigenvalue weighted by molar-refractivity contribution is 7.92. The first kappa shape index (κ1) is 21.2. The highest BCUT2D eigenvalue weighted by Crippen LogP contribution is 2.22. The number of hydrogen-bond acceptors (Lipinski definition) is 6. The third-order valence-corrected chi connectivity index (χ3v) is 7.01. The van der Waals surface area contributed by atoms with Gasteiger partial charge in [-0.1, -0.05) is 30.3 Å². The first-order valence-electron chi connectivity index (χ1n) is 9.21. The number of anilines is 1. The number of rotatable bonds is 7. The number of nitrogens with zero attached hydrogens (tertiary/aromatic N) is 3. The van der Waals surface area contributed by atoms with Crippen molar-refractivity contribution in [3.8, 4) is 6.07 Å². The van der Waals surface area contributed by atoms with Gasteiger partial charge in [0.2, 0.25) is 15.9 Å². The molecular formula is C20H22N4O3S2. The lowest BCUT2D eigenvalue weighted by molar-refractivity contribution is -0.116. The molecule has 0 radical (unpaired) electrons. The van der Waals surface area contributed by atoms with Gasteiger partial charge in [-0.25, -0.2) is 8.42 Å². The van der Waals surface area contributed by atoms with E-state index in [4.69, 9.17) is 5.26 Å². The van der Waals surface area contributed by atoms with Gasteiger partial charge in [0, 0.05) is 44.6 Å². The van der Waals surface area contributed by atoms with E-state index in [0.29, 0.717) is 49.7 Å². The Balaban J connectivity index is 1.45. The van der Waals surface area contributed by atoms with Gasteiger partial charge in [-0.05, 0) is 23.1 Å². The fourth-order valence-electron chi connectivity index (χ4n) is 2.97. The quantitative estimate of drug-likeness (QED) is 0.729. The summed E-state index contributed by atoms with van der Waals surface area (Å²) >= 11 is 1.32. The van der Waals surface area contributed by atoms with Crippen molar-refractivity contribution in [2.45, 2.75) is 6.42 Å². The number of nitrogens with one attached hydrogen (secondary N) is 1. The summed E-state index contributed by atoms with van der Waals surface area (Å²) in [6.45, 7) is 2.49. The second kappa shape index (κ2) is 9.80. The molecule has 1 saturated heterocycles. The number of thiophene rings is 1. The molecule has 0 bridgehead atoms. The minimum Gasteiger partial charge on any atom is -0.317 e. The number of hydrogen-bond donors (Lipinski definition) is 1. The Labute approximate surface area is 174 Å². The summed E-state index contributed by atoms with van der Waals surface area (Å²) < 4.78 is 26.5. The molecule has 1 aliphatic heterocycles.